The van der Waals surface area contributed by atoms with Gasteiger partial charge >= 0.3 is 11.9 Å². The Kier molecular flexibility index (Phi) is 4.67. The average molecular weight is 253 g/mol. The maximum absolute atomic E-state index is 10.8. The lowest BCUT2D eigenvalue weighted by Crippen LogP contribution is -2.13. The van der Waals surface area contributed by atoms with Crippen LogP contribution in [0, 0.1) is 0 Å². The standard InChI is InChI=1S/C11H9O7/c12-4-7-8(17-5-10(13)14)2-1-3-9(7)18-6-11(15)16/h1-3H,5-6H2,(H,13,14)(H,15,16). The van der Waals surface area contributed by atoms with Crippen LogP contribution in [0.25, 0.3) is 0 Å². The van der Waals surface area contributed by atoms with Crippen LogP contribution in [0.5, 0.6) is 11.5 Å². The molecule has 0 unspecified atom stereocenters. The van der Waals surface area contributed by atoms with Gasteiger partial charge in [-0.25, -0.2) is 9.59 Å². The zero-order valence-corrected chi connectivity index (χ0v) is 9.08. The summed E-state index contributed by atoms with van der Waals surface area (Å²) in [6.07, 6.45) is 1.53. The molecule has 0 heterocycles. The lowest BCUT2D eigenvalue weighted by molar-refractivity contribution is -0.140. The highest BCUT2D eigenvalue weighted by molar-refractivity contribution is 5.84. The van der Waals surface area contributed by atoms with Crippen LogP contribution in [0.3, 0.4) is 0 Å². The highest BCUT2D eigenvalue weighted by atomic mass is 16.5. The van der Waals surface area contributed by atoms with Crippen LogP contribution in [0.15, 0.2) is 18.2 Å². The van der Waals surface area contributed by atoms with E-state index in [4.69, 9.17) is 19.7 Å². The monoisotopic (exact) mass is 253 g/mol. The van der Waals surface area contributed by atoms with E-state index in [1.807, 2.05) is 0 Å². The molecule has 0 aliphatic heterocycles. The minimum Gasteiger partial charge on any atom is -0.481 e. The van der Waals surface area contributed by atoms with Crippen molar-refractivity contribution in [2.24, 2.45) is 0 Å². The second kappa shape index (κ2) is 6.24. The molecule has 0 atom stereocenters. The van der Waals surface area contributed by atoms with E-state index in [1.165, 1.54) is 24.5 Å². The maximum Gasteiger partial charge on any atom is 0.341 e. The second-order valence-corrected chi connectivity index (χ2v) is 3.10. The zero-order chi connectivity index (χ0) is 13.5. The molecule has 7 heteroatoms. The molecular weight excluding hydrogens is 244 g/mol. The highest BCUT2D eigenvalue weighted by Gasteiger charge is 2.13. The van der Waals surface area contributed by atoms with E-state index in [-0.39, 0.29) is 17.1 Å². The molecule has 18 heavy (non-hydrogen) atoms. The summed E-state index contributed by atoms with van der Waals surface area (Å²) in [6, 6.07) is 4.16. The molecule has 1 radical (unpaired) electrons. The largest absolute Gasteiger partial charge is 0.481 e. The SMILES string of the molecule is O=[C]c1c(OCC(=O)O)cccc1OCC(=O)O. The fourth-order valence-electron chi connectivity index (χ4n) is 1.13. The number of benzene rings is 1. The molecule has 0 fully saturated rings. The van der Waals surface area contributed by atoms with Gasteiger partial charge in [-0.1, -0.05) is 6.07 Å². The summed E-state index contributed by atoms with van der Waals surface area (Å²) in [4.78, 5) is 31.4. The minimum absolute atomic E-state index is 0.0321. The molecular formula is C11H9O7. The molecule has 0 amide bonds. The van der Waals surface area contributed by atoms with Crippen molar-refractivity contribution in [1.82, 2.24) is 0 Å². The molecule has 2 N–H and O–H groups in total. The fourth-order valence-corrected chi connectivity index (χ4v) is 1.13. The normalized spacial score (nSPS) is 9.56. The van der Waals surface area contributed by atoms with Crippen LogP contribution in [0.2, 0.25) is 0 Å². The summed E-state index contributed by atoms with van der Waals surface area (Å²) in [6.45, 7) is -1.26. The molecule has 0 spiro atoms. The van der Waals surface area contributed by atoms with Crippen LogP contribution in [-0.4, -0.2) is 41.7 Å². The predicted molar refractivity (Wildman–Crippen MR) is 57.5 cm³/mol. The van der Waals surface area contributed by atoms with Gasteiger partial charge in [0.25, 0.3) is 0 Å². The summed E-state index contributed by atoms with van der Waals surface area (Å²) in [5.74, 6) is -2.47. The van der Waals surface area contributed by atoms with Gasteiger partial charge in [0.05, 0.1) is 0 Å². The van der Waals surface area contributed by atoms with E-state index in [1.54, 1.807) is 0 Å². The third-order valence-corrected chi connectivity index (χ3v) is 1.79. The van der Waals surface area contributed by atoms with Gasteiger partial charge in [-0.2, -0.15) is 0 Å². The Balaban J connectivity index is 2.90. The Morgan fingerprint density at radius 2 is 1.50 bits per heavy atom. The Hall–Kier alpha value is -2.57. The molecule has 0 aliphatic carbocycles. The van der Waals surface area contributed by atoms with Crippen LogP contribution >= 0.6 is 0 Å². The number of carboxylic acids is 2. The number of hydrogen-bond donors (Lipinski definition) is 2. The smallest absolute Gasteiger partial charge is 0.341 e. The molecule has 0 aromatic heterocycles. The van der Waals surface area contributed by atoms with E-state index in [9.17, 15) is 14.4 Å². The summed E-state index contributed by atoms with van der Waals surface area (Å²) in [5, 5.41) is 16.9. The Morgan fingerprint density at radius 3 is 1.83 bits per heavy atom. The Morgan fingerprint density at radius 1 is 1.06 bits per heavy atom. The molecule has 1 rings (SSSR count). The van der Waals surface area contributed by atoms with E-state index >= 15 is 0 Å². The number of aliphatic carboxylic acids is 2. The summed E-state index contributed by atoms with van der Waals surface area (Å²) >= 11 is 0. The lowest BCUT2D eigenvalue weighted by atomic mass is 10.2. The van der Waals surface area contributed by atoms with Crippen molar-refractivity contribution < 1.29 is 34.1 Å². The van der Waals surface area contributed by atoms with Gasteiger partial charge in [-0.15, -0.1) is 0 Å². The Bertz CT molecular complexity index is 430. The minimum atomic E-state index is -1.20. The van der Waals surface area contributed by atoms with Gasteiger partial charge in [0.1, 0.15) is 17.1 Å². The van der Waals surface area contributed by atoms with Crippen molar-refractivity contribution >= 4 is 18.2 Å². The van der Waals surface area contributed by atoms with Gasteiger partial charge in [0.2, 0.25) is 6.29 Å². The molecule has 0 bridgehead atoms. The lowest BCUT2D eigenvalue weighted by Gasteiger charge is -2.10. The van der Waals surface area contributed by atoms with Crippen molar-refractivity contribution in [3.8, 4) is 11.5 Å². The Labute approximate surface area is 102 Å². The predicted octanol–water partition coefficient (Wildman–Crippen LogP) is 0.0712. The molecule has 95 valence electrons. The van der Waals surface area contributed by atoms with E-state index in [2.05, 4.69) is 0 Å². The first-order chi connectivity index (χ1) is 8.54. The quantitative estimate of drug-likeness (QED) is 0.707. The topological polar surface area (TPSA) is 110 Å². The van der Waals surface area contributed by atoms with Crippen molar-refractivity contribution in [2.75, 3.05) is 13.2 Å². The number of carbonyl (C=O) groups is 2. The second-order valence-electron chi connectivity index (χ2n) is 3.10. The molecule has 0 saturated carbocycles. The summed E-state index contributed by atoms with van der Waals surface area (Å²) in [5.41, 5.74) is -0.153. The van der Waals surface area contributed by atoms with Gasteiger partial charge in [-0.05, 0) is 12.1 Å². The van der Waals surface area contributed by atoms with E-state index in [0.29, 0.717) is 0 Å². The number of carbonyl (C=O) groups excluding carboxylic acids is 1. The number of hydrogen-bond acceptors (Lipinski definition) is 5. The molecule has 1 aromatic carbocycles. The van der Waals surface area contributed by atoms with Crippen molar-refractivity contribution in [1.29, 1.82) is 0 Å². The third kappa shape index (κ3) is 3.78. The van der Waals surface area contributed by atoms with Gasteiger partial charge in [0.15, 0.2) is 13.2 Å². The maximum atomic E-state index is 10.8. The van der Waals surface area contributed by atoms with E-state index in [0.717, 1.165) is 0 Å². The van der Waals surface area contributed by atoms with Gasteiger partial charge < -0.3 is 19.7 Å². The van der Waals surface area contributed by atoms with Gasteiger partial charge in [-0.3, -0.25) is 4.79 Å². The fraction of sp³-hybridized carbons (Fsp3) is 0.182. The van der Waals surface area contributed by atoms with Crippen LogP contribution in [0.1, 0.15) is 5.56 Å². The first-order valence-corrected chi connectivity index (χ1v) is 4.75. The summed E-state index contributed by atoms with van der Waals surface area (Å²) < 4.78 is 9.69. The first-order valence-electron chi connectivity index (χ1n) is 4.75. The van der Waals surface area contributed by atoms with Crippen molar-refractivity contribution in [2.45, 2.75) is 0 Å². The third-order valence-electron chi connectivity index (χ3n) is 1.79. The van der Waals surface area contributed by atoms with Crippen LogP contribution in [-0.2, 0) is 14.4 Å². The molecule has 7 nitrogen and oxygen atoms in total. The van der Waals surface area contributed by atoms with Gasteiger partial charge in [0, 0.05) is 0 Å². The zero-order valence-electron chi connectivity index (χ0n) is 9.08. The molecule has 0 aliphatic rings. The molecule has 1 aromatic rings. The number of rotatable bonds is 7. The number of carboxylic acid groups (broad SMARTS) is 2. The van der Waals surface area contributed by atoms with Crippen LogP contribution in [0.4, 0.5) is 0 Å². The van der Waals surface area contributed by atoms with E-state index < -0.39 is 25.2 Å². The average Bonchev–Trinajstić information content (AvgIpc) is 2.33. The first kappa shape index (κ1) is 13.5. The molecule has 0 saturated heterocycles. The summed E-state index contributed by atoms with van der Waals surface area (Å²) in [7, 11) is 0. The highest BCUT2D eigenvalue weighted by Crippen LogP contribution is 2.26. The number of ether oxygens (including phenoxy) is 2. The van der Waals surface area contributed by atoms with Crippen molar-refractivity contribution in [3.63, 3.8) is 0 Å². The van der Waals surface area contributed by atoms with Crippen molar-refractivity contribution in [3.05, 3.63) is 23.8 Å². The van der Waals surface area contributed by atoms with Crippen LogP contribution < -0.4 is 9.47 Å².